The molecule has 2 unspecified atom stereocenters. The Kier molecular flexibility index (Phi) is 27.5. The van der Waals surface area contributed by atoms with Crippen molar-refractivity contribution in [2.75, 3.05) is 59.2 Å². The van der Waals surface area contributed by atoms with Gasteiger partial charge in [0.25, 0.3) is 0 Å². The summed E-state index contributed by atoms with van der Waals surface area (Å²) < 4.78 is 91.0. The molecule has 91 heavy (non-hydrogen) atoms. The van der Waals surface area contributed by atoms with Gasteiger partial charge in [0.15, 0.2) is 11.6 Å². The Hall–Kier alpha value is -7.53. The highest BCUT2D eigenvalue weighted by Gasteiger charge is 2.59. The molecule has 0 spiro atoms. The number of nitrogens with zero attached hydrogens (tertiary/aromatic N) is 10. The van der Waals surface area contributed by atoms with Crippen LogP contribution in [0.2, 0.25) is 0 Å². The van der Waals surface area contributed by atoms with Crippen molar-refractivity contribution in [3.05, 3.63) is 128 Å². The minimum absolute atomic E-state index is 0.0935. The molecule has 7 aromatic rings. The fraction of sp³-hybridized carbons (Fsp3) is 0.415. The molecule has 494 valence electrons. The minimum Gasteiger partial charge on any atom is -0.465 e. The van der Waals surface area contributed by atoms with Crippen LogP contribution in [0.25, 0.3) is 11.0 Å². The zero-order chi connectivity index (χ0) is 67.3. The normalized spacial score (nSPS) is 22.8. The third-order valence-electron chi connectivity index (χ3n) is 12.8. The molecule has 0 aliphatic carbocycles. The van der Waals surface area contributed by atoms with Gasteiger partial charge in [0.1, 0.15) is 96.0 Å². The Morgan fingerprint density at radius 3 is 1.53 bits per heavy atom. The third-order valence-corrected chi connectivity index (χ3v) is 17.4. The maximum absolute atomic E-state index is 13.7. The van der Waals surface area contributed by atoms with E-state index in [9.17, 15) is 59.3 Å². The molecular formula is C53H70ClN14O20P3. The van der Waals surface area contributed by atoms with Gasteiger partial charge >= 0.3 is 34.4 Å². The second-order valence-corrected chi connectivity index (χ2v) is 25.3. The van der Waals surface area contributed by atoms with Gasteiger partial charge in [-0.3, -0.25) is 27.7 Å². The highest BCUT2D eigenvalue weighted by atomic mass is 35.7. The molecule has 7 heterocycles. The fourth-order valence-corrected chi connectivity index (χ4v) is 11.9. The lowest BCUT2D eigenvalue weighted by Crippen LogP contribution is -2.41. The number of phosphoric acid groups is 1. The number of halogens is 1. The van der Waals surface area contributed by atoms with Crippen LogP contribution in [0.15, 0.2) is 116 Å². The van der Waals surface area contributed by atoms with Gasteiger partial charge in [-0.2, -0.15) is 25.8 Å². The number of aromatic nitrogens is 8. The summed E-state index contributed by atoms with van der Waals surface area (Å²) in [5.41, 5.74) is 8.77. The first-order chi connectivity index (χ1) is 43.2. The smallest absolute Gasteiger partial charge is 0.465 e. The van der Waals surface area contributed by atoms with Crippen LogP contribution in [0.4, 0.5) is 11.6 Å². The molecule has 0 radical (unpaired) electrons. The van der Waals surface area contributed by atoms with Crippen LogP contribution in [0.1, 0.15) is 39.1 Å². The zero-order valence-electron chi connectivity index (χ0n) is 50.1. The molecule has 11 N–H and O–H groups in total. The van der Waals surface area contributed by atoms with E-state index >= 15 is 0 Å². The SMILES string of the molecule is CCOC(=O)[C@H](C)NP(=O)(Cl)Oc1ccccc1.CCOC(=O)[C@H](C)NP(=O)(OC[C@H]1O[C@@](C#N)(c2ccc3c(N)ncnn23)[C@H](O)[C@@H]1O)Oc1ccccc1.COP(=O)(OC)OC.Cn1ccnc1.N#C[C@@]1(c2ccc3c(N)ncnn23)O[C@H](CO)[C@@H](O)[C@H]1O. The maximum Gasteiger partial charge on any atom is 0.473 e. The molecule has 2 fully saturated rings. The van der Waals surface area contributed by atoms with Crippen LogP contribution in [-0.4, -0.2) is 173 Å². The number of para-hydroxylation sites is 2. The molecule has 2 saturated heterocycles. The predicted octanol–water partition coefficient (Wildman–Crippen LogP) is 3.45. The minimum atomic E-state index is -4.28. The molecule has 2 aromatic carbocycles. The standard InChI is InChI=1S/C23H27N6O8P.C12H13N5O4.C11H15ClNO4P.C4H6N2.C3H9O4P/c1-3-34-22(32)14(2)28-38(33,37-15-7-5-4-6-8-15)35-11-17-19(30)20(31)23(12-24,36-17)18-10-9-16-21(25)26-13-27-29(16)18;13-4-12(10(20)9(19)7(3-18)21-12)8-2-1-6-11(14)15-5-16-17(6)8;1-3-16-11(14)9(2)13-18(12,15)17-10-7-5-4-6-8-10;1-6-3-2-5-4-6;1-5-8(4,6-2)7-3/h4-10,13-14,17,19-20,30-31H,3,11H2,1-2H3,(H,28,33)(H2,25,26,27);1-2,5,7,9-10,18-20H,3H2,(H2,14,15,16);4-9H,3H2,1-2H3,(H,13,15);2-4H,1H3;1-3H3/t14-,17+,19+,20+,23-,38?;7-,9-,10-,12+;9-,18?;;/m010../s1. The molecule has 0 saturated carbocycles. The summed E-state index contributed by atoms with van der Waals surface area (Å²) in [6.45, 7) is 1.84. The topological polar surface area (TPSA) is 481 Å². The van der Waals surface area contributed by atoms with Crippen LogP contribution < -0.4 is 30.7 Å². The summed E-state index contributed by atoms with van der Waals surface area (Å²) in [5, 5.41) is 83.5. The number of esters is 2. The predicted molar refractivity (Wildman–Crippen MR) is 322 cm³/mol. The Balaban J connectivity index is 0.000000238. The van der Waals surface area contributed by atoms with Gasteiger partial charge < -0.3 is 69.6 Å². The number of fused-ring (bicyclic) bond motifs is 2. The highest BCUT2D eigenvalue weighted by Crippen LogP contribution is 2.50. The van der Waals surface area contributed by atoms with Crippen LogP contribution >= 0.6 is 33.7 Å². The number of carbonyl (C=O) groups excluding carboxylic acids is 2. The van der Waals surface area contributed by atoms with E-state index in [2.05, 4.69) is 48.9 Å². The number of aryl methyl sites for hydroxylation is 1. The van der Waals surface area contributed by atoms with Crippen molar-refractivity contribution >= 4 is 68.3 Å². The first kappa shape index (κ1) is 74.2. The van der Waals surface area contributed by atoms with E-state index in [0.717, 1.165) is 0 Å². The second kappa shape index (κ2) is 33.7. The summed E-state index contributed by atoms with van der Waals surface area (Å²) in [6.07, 6.45) is -0.927. The summed E-state index contributed by atoms with van der Waals surface area (Å²) in [7, 11) is -1.73. The number of benzene rings is 2. The van der Waals surface area contributed by atoms with Gasteiger partial charge in [-0.1, -0.05) is 36.4 Å². The van der Waals surface area contributed by atoms with Gasteiger partial charge in [-0.25, -0.2) is 42.8 Å². The highest BCUT2D eigenvalue weighted by molar-refractivity contribution is 7.84. The van der Waals surface area contributed by atoms with Crippen LogP contribution in [-0.2, 0) is 78.6 Å². The van der Waals surface area contributed by atoms with Crippen LogP contribution in [0.3, 0.4) is 0 Å². The first-order valence-corrected chi connectivity index (χ1v) is 32.5. The zero-order valence-corrected chi connectivity index (χ0v) is 53.6. The number of anilines is 2. The molecule has 5 aromatic heterocycles. The van der Waals surface area contributed by atoms with Gasteiger partial charge in [-0.15, -0.1) is 0 Å². The molecule has 0 amide bonds. The van der Waals surface area contributed by atoms with Crippen molar-refractivity contribution in [3.63, 3.8) is 0 Å². The van der Waals surface area contributed by atoms with Gasteiger partial charge in [-0.05, 0) is 76.2 Å². The second-order valence-electron chi connectivity index (χ2n) is 18.9. The molecule has 0 bridgehead atoms. The lowest BCUT2D eigenvalue weighted by molar-refractivity contribution is -0.145. The lowest BCUT2D eigenvalue weighted by atomic mass is 9.92. The van der Waals surface area contributed by atoms with Gasteiger partial charge in [0.05, 0.1) is 44.1 Å². The number of carbonyl (C=O) groups is 2. The number of phosphoric ester groups is 1. The van der Waals surface area contributed by atoms with Crippen molar-refractivity contribution in [1.29, 1.82) is 10.5 Å². The van der Waals surface area contributed by atoms with E-state index in [4.69, 9.17) is 55.2 Å². The molecule has 38 heteroatoms. The molecule has 9 rings (SSSR count). The quantitative estimate of drug-likeness (QED) is 0.0367. The van der Waals surface area contributed by atoms with E-state index in [1.165, 1.54) is 81.1 Å². The van der Waals surface area contributed by atoms with E-state index < -0.39 is 108 Å². The Morgan fingerprint density at radius 2 is 1.15 bits per heavy atom. The van der Waals surface area contributed by atoms with Gasteiger partial charge in [0, 0.05) is 52.0 Å². The lowest BCUT2D eigenvalue weighted by Gasteiger charge is -2.25. The third kappa shape index (κ3) is 18.8. The Morgan fingerprint density at radius 1 is 0.714 bits per heavy atom. The Bertz CT molecular complexity index is 3680. The number of hydrogen-bond donors (Lipinski definition) is 9. The Labute approximate surface area is 525 Å². The van der Waals surface area contributed by atoms with E-state index in [0.29, 0.717) is 16.8 Å². The van der Waals surface area contributed by atoms with Gasteiger partial charge in [0.2, 0.25) is 11.2 Å². The number of ether oxygens (including phenoxy) is 4. The van der Waals surface area contributed by atoms with Crippen molar-refractivity contribution in [1.82, 2.24) is 48.9 Å². The summed E-state index contributed by atoms with van der Waals surface area (Å²) in [4.78, 5) is 35.0. The molecule has 2 aliphatic rings. The van der Waals surface area contributed by atoms with Crippen LogP contribution in [0, 0.1) is 22.7 Å². The number of imidazole rings is 1. The first-order valence-electron chi connectivity index (χ1n) is 27.0. The fourth-order valence-electron chi connectivity index (χ4n) is 8.30. The number of hydrogen-bond acceptors (Lipinski definition) is 29. The number of aliphatic hydroxyl groups excluding tert-OH is 5. The average Bonchev–Trinajstić information content (AvgIpc) is 1.60. The molecule has 12 atom stereocenters. The number of aliphatic hydroxyl groups is 5. The molecule has 34 nitrogen and oxygen atoms in total. The number of nitrogen functional groups attached to an aromatic ring is 2. The number of nitriles is 2. The summed E-state index contributed by atoms with van der Waals surface area (Å²) in [5.74, 6) is -0.348. The van der Waals surface area contributed by atoms with E-state index in [-0.39, 0.29) is 42.0 Å². The number of nitrogens with one attached hydrogen (secondary N) is 2. The summed E-state index contributed by atoms with van der Waals surface area (Å²) >= 11 is 5.72. The maximum atomic E-state index is 13.7. The molecule has 2 aliphatic heterocycles. The monoisotopic (exact) mass is 1350 g/mol. The largest absolute Gasteiger partial charge is 0.473 e. The molecular weight excluding hydrogens is 1280 g/mol. The number of nitrogens with two attached hydrogens (primary N) is 2. The van der Waals surface area contributed by atoms with Crippen molar-refractivity contribution in [2.45, 2.75) is 87.6 Å². The van der Waals surface area contributed by atoms with Crippen LogP contribution in [0.5, 0.6) is 11.5 Å². The summed E-state index contributed by atoms with van der Waals surface area (Å²) in [6, 6.07) is 24.5. The van der Waals surface area contributed by atoms with Crippen molar-refractivity contribution < 1.29 is 94.9 Å². The number of rotatable bonds is 21. The van der Waals surface area contributed by atoms with Crippen molar-refractivity contribution in [3.8, 4) is 23.6 Å². The van der Waals surface area contributed by atoms with Crippen molar-refractivity contribution in [2.24, 2.45) is 7.05 Å². The average molecular weight is 1350 g/mol. The van der Waals surface area contributed by atoms with E-state index in [1.807, 2.05) is 30.0 Å². The van der Waals surface area contributed by atoms with E-state index in [1.54, 1.807) is 87.0 Å².